The van der Waals surface area contributed by atoms with E-state index in [0.29, 0.717) is 5.92 Å². The molecule has 0 amide bonds. The van der Waals surface area contributed by atoms with Crippen LogP contribution in [0.25, 0.3) is 10.9 Å². The second-order valence-electron chi connectivity index (χ2n) is 5.71. The molecule has 0 saturated heterocycles. The zero-order chi connectivity index (χ0) is 13.4. The monoisotopic (exact) mass is 255 g/mol. The summed E-state index contributed by atoms with van der Waals surface area (Å²) in [7, 11) is 4.08. The molecule has 100 valence electrons. The lowest BCUT2D eigenvalue weighted by Crippen LogP contribution is -2.08. The molecule has 3 rings (SSSR count). The highest BCUT2D eigenvalue weighted by molar-refractivity contribution is 5.92. The predicted octanol–water partition coefficient (Wildman–Crippen LogP) is 3.54. The number of aromatic nitrogens is 1. The smallest absolute Gasteiger partial charge is 0.0727 e. The van der Waals surface area contributed by atoms with Crippen LogP contribution < -0.4 is 10.6 Å². The van der Waals surface area contributed by atoms with Crippen molar-refractivity contribution < 1.29 is 0 Å². The standard InChI is InChI=1S/C16H21N3/c1-19(2)12-7-8-15-13(9-12)14(17)10-16(18-15)11-5-3-4-6-11/h7-11H,3-6H2,1-2H3,(H2,17,18). The van der Waals surface area contributed by atoms with Crippen LogP contribution in [0.3, 0.4) is 0 Å². The Balaban J connectivity index is 2.08. The number of nitrogens with two attached hydrogens (primary N) is 1. The summed E-state index contributed by atoms with van der Waals surface area (Å²) in [6.07, 6.45) is 5.16. The number of nitrogens with zero attached hydrogens (tertiary/aromatic N) is 2. The molecule has 1 saturated carbocycles. The van der Waals surface area contributed by atoms with E-state index in [0.717, 1.165) is 22.3 Å². The molecule has 2 N–H and O–H groups in total. The molecule has 1 heterocycles. The molecule has 0 spiro atoms. The Kier molecular flexibility index (Phi) is 3.05. The maximum atomic E-state index is 6.24. The van der Waals surface area contributed by atoms with E-state index in [-0.39, 0.29) is 0 Å². The normalized spacial score (nSPS) is 16.1. The fourth-order valence-corrected chi connectivity index (χ4v) is 2.97. The minimum absolute atomic E-state index is 0.611. The van der Waals surface area contributed by atoms with Crippen LogP contribution in [0.1, 0.15) is 37.3 Å². The summed E-state index contributed by atoms with van der Waals surface area (Å²) in [6, 6.07) is 8.39. The Morgan fingerprint density at radius 3 is 2.58 bits per heavy atom. The molecule has 19 heavy (non-hydrogen) atoms. The first kappa shape index (κ1) is 12.3. The summed E-state index contributed by atoms with van der Waals surface area (Å²) >= 11 is 0. The summed E-state index contributed by atoms with van der Waals surface area (Å²) in [5.74, 6) is 0.611. The quantitative estimate of drug-likeness (QED) is 0.892. The summed E-state index contributed by atoms with van der Waals surface area (Å²) in [6.45, 7) is 0. The summed E-state index contributed by atoms with van der Waals surface area (Å²) in [5.41, 5.74) is 10.5. The lowest BCUT2D eigenvalue weighted by Gasteiger charge is -2.15. The molecule has 1 aromatic carbocycles. The lowest BCUT2D eigenvalue weighted by atomic mass is 10.0. The second kappa shape index (κ2) is 4.72. The van der Waals surface area contributed by atoms with E-state index in [2.05, 4.69) is 29.2 Å². The Morgan fingerprint density at radius 1 is 1.16 bits per heavy atom. The van der Waals surface area contributed by atoms with Gasteiger partial charge in [-0.25, -0.2) is 0 Å². The van der Waals surface area contributed by atoms with Crippen molar-refractivity contribution >= 4 is 22.3 Å². The number of rotatable bonds is 2. The van der Waals surface area contributed by atoms with Gasteiger partial charge in [0.25, 0.3) is 0 Å². The number of benzene rings is 1. The third kappa shape index (κ3) is 2.25. The minimum Gasteiger partial charge on any atom is -0.398 e. The van der Waals surface area contributed by atoms with Crippen molar-refractivity contribution in [3.8, 4) is 0 Å². The molecule has 2 aromatic rings. The summed E-state index contributed by atoms with van der Waals surface area (Å²) in [5, 5.41) is 1.06. The molecule has 0 bridgehead atoms. The van der Waals surface area contributed by atoms with Gasteiger partial charge in [0.1, 0.15) is 0 Å². The van der Waals surface area contributed by atoms with Crippen molar-refractivity contribution in [3.05, 3.63) is 30.0 Å². The van der Waals surface area contributed by atoms with Crippen LogP contribution in [-0.4, -0.2) is 19.1 Å². The average molecular weight is 255 g/mol. The van der Waals surface area contributed by atoms with Gasteiger partial charge in [0, 0.05) is 42.5 Å². The number of anilines is 2. The fourth-order valence-electron chi connectivity index (χ4n) is 2.97. The maximum absolute atomic E-state index is 6.24. The van der Waals surface area contributed by atoms with Crippen molar-refractivity contribution in [3.63, 3.8) is 0 Å². The Bertz CT molecular complexity index is 598. The van der Waals surface area contributed by atoms with E-state index in [9.17, 15) is 0 Å². The molecule has 1 aromatic heterocycles. The van der Waals surface area contributed by atoms with Gasteiger partial charge in [0.2, 0.25) is 0 Å². The number of nitrogen functional groups attached to an aromatic ring is 1. The van der Waals surface area contributed by atoms with Crippen molar-refractivity contribution in [2.24, 2.45) is 0 Å². The highest BCUT2D eigenvalue weighted by Gasteiger charge is 2.19. The molecule has 3 nitrogen and oxygen atoms in total. The van der Waals surface area contributed by atoms with Crippen LogP contribution in [0, 0.1) is 0 Å². The van der Waals surface area contributed by atoms with E-state index < -0.39 is 0 Å². The van der Waals surface area contributed by atoms with E-state index in [1.165, 1.54) is 31.4 Å². The zero-order valence-electron chi connectivity index (χ0n) is 11.7. The highest BCUT2D eigenvalue weighted by atomic mass is 15.1. The van der Waals surface area contributed by atoms with Crippen molar-refractivity contribution in [2.75, 3.05) is 24.7 Å². The zero-order valence-corrected chi connectivity index (χ0v) is 11.7. The van der Waals surface area contributed by atoms with Crippen LogP contribution >= 0.6 is 0 Å². The Morgan fingerprint density at radius 2 is 1.89 bits per heavy atom. The topological polar surface area (TPSA) is 42.2 Å². The third-order valence-electron chi connectivity index (χ3n) is 4.13. The van der Waals surface area contributed by atoms with E-state index in [1.54, 1.807) is 0 Å². The number of pyridine rings is 1. The SMILES string of the molecule is CN(C)c1ccc2nc(C3CCCC3)cc(N)c2c1. The molecule has 0 radical (unpaired) electrons. The molecule has 1 fully saturated rings. The van der Waals surface area contributed by atoms with Crippen LogP contribution in [-0.2, 0) is 0 Å². The van der Waals surface area contributed by atoms with Gasteiger partial charge in [0.15, 0.2) is 0 Å². The minimum atomic E-state index is 0.611. The van der Waals surface area contributed by atoms with Crippen LogP contribution in [0.4, 0.5) is 11.4 Å². The molecule has 0 unspecified atom stereocenters. The maximum Gasteiger partial charge on any atom is 0.0727 e. The number of hydrogen-bond acceptors (Lipinski definition) is 3. The van der Waals surface area contributed by atoms with Gasteiger partial charge >= 0.3 is 0 Å². The second-order valence-corrected chi connectivity index (χ2v) is 5.71. The molecule has 3 heteroatoms. The third-order valence-corrected chi connectivity index (χ3v) is 4.13. The Hall–Kier alpha value is -1.77. The Labute approximate surface area is 114 Å². The lowest BCUT2D eigenvalue weighted by molar-refractivity contribution is 0.701. The van der Waals surface area contributed by atoms with Gasteiger partial charge in [-0.15, -0.1) is 0 Å². The molecule has 0 aliphatic heterocycles. The van der Waals surface area contributed by atoms with Crippen LogP contribution in [0.5, 0.6) is 0 Å². The molecular formula is C16H21N3. The van der Waals surface area contributed by atoms with Crippen molar-refractivity contribution in [2.45, 2.75) is 31.6 Å². The van der Waals surface area contributed by atoms with Gasteiger partial charge in [-0.05, 0) is 37.1 Å². The van der Waals surface area contributed by atoms with Gasteiger partial charge < -0.3 is 10.6 Å². The van der Waals surface area contributed by atoms with Crippen LogP contribution in [0.2, 0.25) is 0 Å². The molecular weight excluding hydrogens is 234 g/mol. The molecule has 0 atom stereocenters. The van der Waals surface area contributed by atoms with E-state index in [4.69, 9.17) is 10.7 Å². The van der Waals surface area contributed by atoms with E-state index in [1.807, 2.05) is 14.1 Å². The van der Waals surface area contributed by atoms with Crippen molar-refractivity contribution in [1.82, 2.24) is 4.98 Å². The predicted molar refractivity (Wildman–Crippen MR) is 81.7 cm³/mol. The van der Waals surface area contributed by atoms with Gasteiger partial charge in [-0.2, -0.15) is 0 Å². The van der Waals surface area contributed by atoms with Crippen molar-refractivity contribution in [1.29, 1.82) is 0 Å². The first-order valence-electron chi connectivity index (χ1n) is 7.02. The highest BCUT2D eigenvalue weighted by Crippen LogP contribution is 2.35. The first-order valence-corrected chi connectivity index (χ1v) is 7.02. The summed E-state index contributed by atoms with van der Waals surface area (Å²) in [4.78, 5) is 6.91. The number of hydrogen-bond donors (Lipinski definition) is 1. The van der Waals surface area contributed by atoms with Crippen LogP contribution in [0.15, 0.2) is 24.3 Å². The van der Waals surface area contributed by atoms with Gasteiger partial charge in [-0.1, -0.05) is 12.8 Å². The van der Waals surface area contributed by atoms with E-state index >= 15 is 0 Å². The first-order chi connectivity index (χ1) is 9.15. The van der Waals surface area contributed by atoms with Gasteiger partial charge in [0.05, 0.1) is 5.52 Å². The summed E-state index contributed by atoms with van der Waals surface area (Å²) < 4.78 is 0. The fraction of sp³-hybridized carbons (Fsp3) is 0.438. The molecule has 1 aliphatic rings. The molecule has 1 aliphatic carbocycles. The van der Waals surface area contributed by atoms with Gasteiger partial charge in [-0.3, -0.25) is 4.98 Å². The largest absolute Gasteiger partial charge is 0.398 e. The average Bonchev–Trinajstić information content (AvgIpc) is 2.92. The number of fused-ring (bicyclic) bond motifs is 1.